The highest BCUT2D eigenvalue weighted by atomic mass is 16.5. The van der Waals surface area contributed by atoms with Crippen LogP contribution in [-0.2, 0) is 0 Å². The summed E-state index contributed by atoms with van der Waals surface area (Å²) in [6.07, 6.45) is 1.67. The van der Waals surface area contributed by atoms with Crippen LogP contribution in [0.4, 0.5) is 0 Å². The molecular weight excluding hydrogens is 138 g/mol. The molecule has 2 aromatic rings. The van der Waals surface area contributed by atoms with Crippen molar-refractivity contribution in [2.75, 3.05) is 0 Å². The third kappa shape index (κ3) is 0.827. The Balaban J connectivity index is 2.93. The Morgan fingerprint density at radius 2 is 2.09 bits per heavy atom. The summed E-state index contributed by atoms with van der Waals surface area (Å²) in [6.45, 7) is 4.13. The lowest BCUT2D eigenvalue weighted by molar-refractivity contribution is 0.428. The number of rotatable bonds is 0. The van der Waals surface area contributed by atoms with Crippen molar-refractivity contribution >= 4 is 10.9 Å². The monoisotopic (exact) mass is 147 g/mol. The maximum atomic E-state index is 4.85. The molecule has 0 fully saturated rings. The molecule has 0 saturated heterocycles. The molecule has 0 radical (unpaired) electrons. The average molecular weight is 147 g/mol. The highest BCUT2D eigenvalue weighted by Gasteiger charge is 2.02. The molecule has 0 saturated carbocycles. The van der Waals surface area contributed by atoms with Gasteiger partial charge in [0.15, 0.2) is 0 Å². The minimum absolute atomic E-state index is 0.977. The number of hydrogen-bond acceptors (Lipinski definition) is 2. The molecule has 0 bridgehead atoms. The van der Waals surface area contributed by atoms with Crippen molar-refractivity contribution in [3.63, 3.8) is 0 Å². The Morgan fingerprint density at radius 3 is 2.91 bits per heavy atom. The summed E-state index contributed by atoms with van der Waals surface area (Å²) in [6, 6.07) is 4.10. The Labute approximate surface area is 64.8 Å². The first kappa shape index (κ1) is 6.40. The normalized spacial score (nSPS) is 10.7. The maximum absolute atomic E-state index is 4.85. The Kier molecular flexibility index (Phi) is 1.22. The first-order valence-corrected chi connectivity index (χ1v) is 3.59. The van der Waals surface area contributed by atoms with Gasteiger partial charge < -0.3 is 4.52 Å². The highest BCUT2D eigenvalue weighted by Crippen LogP contribution is 2.18. The number of nitrogens with zero attached hydrogens (tertiary/aromatic N) is 1. The van der Waals surface area contributed by atoms with Gasteiger partial charge in [0.2, 0.25) is 0 Å². The molecule has 0 aliphatic carbocycles. The number of fused-ring (bicyclic) bond motifs is 1. The maximum Gasteiger partial charge on any atom is 0.131 e. The summed E-state index contributed by atoms with van der Waals surface area (Å²) in [7, 11) is 0. The second kappa shape index (κ2) is 2.09. The second-order valence-corrected chi connectivity index (χ2v) is 2.76. The number of aromatic nitrogens is 1. The second-order valence-electron chi connectivity index (χ2n) is 2.76. The minimum atomic E-state index is 0.977. The van der Waals surface area contributed by atoms with Gasteiger partial charge >= 0.3 is 0 Å². The SMILES string of the molecule is Cc1ccc2conc2c1C. The molecule has 1 aromatic heterocycles. The van der Waals surface area contributed by atoms with Crippen LogP contribution in [0.1, 0.15) is 11.1 Å². The van der Waals surface area contributed by atoms with Gasteiger partial charge in [-0.05, 0) is 31.0 Å². The van der Waals surface area contributed by atoms with Gasteiger partial charge in [0, 0.05) is 5.39 Å². The fourth-order valence-electron chi connectivity index (χ4n) is 1.17. The van der Waals surface area contributed by atoms with Crippen molar-refractivity contribution < 1.29 is 4.52 Å². The smallest absolute Gasteiger partial charge is 0.131 e. The molecular formula is C9H9NO. The van der Waals surface area contributed by atoms with E-state index in [1.54, 1.807) is 6.26 Å². The molecule has 0 aliphatic heterocycles. The molecule has 1 aromatic carbocycles. The van der Waals surface area contributed by atoms with Crippen LogP contribution in [0.25, 0.3) is 10.9 Å². The molecule has 56 valence electrons. The van der Waals surface area contributed by atoms with Gasteiger partial charge in [-0.1, -0.05) is 11.2 Å². The van der Waals surface area contributed by atoms with E-state index in [1.165, 1.54) is 11.1 Å². The van der Waals surface area contributed by atoms with E-state index in [4.69, 9.17) is 4.52 Å². The Hall–Kier alpha value is -1.31. The summed E-state index contributed by atoms with van der Waals surface area (Å²) in [5.74, 6) is 0. The quantitative estimate of drug-likeness (QED) is 0.572. The molecule has 11 heavy (non-hydrogen) atoms. The first-order chi connectivity index (χ1) is 5.29. The number of hydrogen-bond donors (Lipinski definition) is 0. The highest BCUT2D eigenvalue weighted by molar-refractivity contribution is 5.81. The molecule has 2 nitrogen and oxygen atoms in total. The van der Waals surface area contributed by atoms with Crippen molar-refractivity contribution in [3.8, 4) is 0 Å². The lowest BCUT2D eigenvalue weighted by Crippen LogP contribution is -1.80. The van der Waals surface area contributed by atoms with Gasteiger partial charge in [0.05, 0.1) is 0 Å². The zero-order valence-electron chi connectivity index (χ0n) is 6.59. The van der Waals surface area contributed by atoms with Gasteiger partial charge in [0.25, 0.3) is 0 Å². The van der Waals surface area contributed by atoms with E-state index in [9.17, 15) is 0 Å². The minimum Gasteiger partial charge on any atom is -0.363 e. The molecule has 0 aliphatic rings. The molecule has 2 rings (SSSR count). The zero-order valence-corrected chi connectivity index (χ0v) is 6.59. The Morgan fingerprint density at radius 1 is 1.27 bits per heavy atom. The van der Waals surface area contributed by atoms with Crippen LogP contribution in [0, 0.1) is 13.8 Å². The third-order valence-corrected chi connectivity index (χ3v) is 2.06. The summed E-state index contributed by atoms with van der Waals surface area (Å²) in [4.78, 5) is 0. The molecule has 0 spiro atoms. The lowest BCUT2D eigenvalue weighted by Gasteiger charge is -1.96. The number of benzene rings is 1. The Bertz CT molecular complexity index is 389. The van der Waals surface area contributed by atoms with Crippen LogP contribution in [0.2, 0.25) is 0 Å². The average Bonchev–Trinajstić information content (AvgIpc) is 2.45. The van der Waals surface area contributed by atoms with Gasteiger partial charge in [-0.25, -0.2) is 0 Å². The van der Waals surface area contributed by atoms with Gasteiger partial charge in [-0.15, -0.1) is 0 Å². The predicted molar refractivity (Wildman–Crippen MR) is 43.5 cm³/mol. The number of aryl methyl sites for hydroxylation is 2. The summed E-state index contributed by atoms with van der Waals surface area (Å²) in [5.41, 5.74) is 3.44. The van der Waals surface area contributed by atoms with Crippen molar-refractivity contribution in [1.82, 2.24) is 5.16 Å². The zero-order chi connectivity index (χ0) is 7.84. The molecule has 1 heterocycles. The van der Waals surface area contributed by atoms with E-state index in [2.05, 4.69) is 25.1 Å². The third-order valence-electron chi connectivity index (χ3n) is 2.06. The van der Waals surface area contributed by atoms with E-state index < -0.39 is 0 Å². The molecule has 0 N–H and O–H groups in total. The molecule has 0 unspecified atom stereocenters. The fraction of sp³-hybridized carbons (Fsp3) is 0.222. The largest absolute Gasteiger partial charge is 0.363 e. The van der Waals surface area contributed by atoms with Crippen LogP contribution >= 0.6 is 0 Å². The van der Waals surface area contributed by atoms with Crippen LogP contribution in [0.3, 0.4) is 0 Å². The van der Waals surface area contributed by atoms with Gasteiger partial charge in [0.1, 0.15) is 11.8 Å². The van der Waals surface area contributed by atoms with Crippen molar-refractivity contribution in [1.29, 1.82) is 0 Å². The summed E-state index contributed by atoms with van der Waals surface area (Å²) < 4.78 is 4.85. The van der Waals surface area contributed by atoms with Crippen LogP contribution in [0.15, 0.2) is 22.9 Å². The van der Waals surface area contributed by atoms with Crippen molar-refractivity contribution in [2.45, 2.75) is 13.8 Å². The molecule has 0 amide bonds. The first-order valence-electron chi connectivity index (χ1n) is 3.59. The van der Waals surface area contributed by atoms with Crippen molar-refractivity contribution in [2.24, 2.45) is 0 Å². The lowest BCUT2D eigenvalue weighted by atomic mass is 10.1. The summed E-state index contributed by atoms with van der Waals surface area (Å²) in [5, 5.41) is 4.98. The van der Waals surface area contributed by atoms with E-state index in [0.29, 0.717) is 0 Å². The molecule has 2 heteroatoms. The molecule has 0 atom stereocenters. The van der Waals surface area contributed by atoms with E-state index in [0.717, 1.165) is 10.9 Å². The van der Waals surface area contributed by atoms with E-state index in [-0.39, 0.29) is 0 Å². The van der Waals surface area contributed by atoms with E-state index in [1.807, 2.05) is 6.07 Å². The predicted octanol–water partition coefficient (Wildman–Crippen LogP) is 2.44. The summed E-state index contributed by atoms with van der Waals surface area (Å²) >= 11 is 0. The van der Waals surface area contributed by atoms with Crippen LogP contribution < -0.4 is 0 Å². The topological polar surface area (TPSA) is 26.0 Å². The van der Waals surface area contributed by atoms with Gasteiger partial charge in [-0.3, -0.25) is 0 Å². The van der Waals surface area contributed by atoms with Crippen LogP contribution in [0.5, 0.6) is 0 Å². The van der Waals surface area contributed by atoms with Crippen molar-refractivity contribution in [3.05, 3.63) is 29.5 Å². The van der Waals surface area contributed by atoms with Gasteiger partial charge in [-0.2, -0.15) is 0 Å². The standard InChI is InChI=1S/C9H9NO/c1-6-3-4-8-5-11-10-9(8)7(6)2/h3-5H,1-2H3. The van der Waals surface area contributed by atoms with Crippen LogP contribution in [-0.4, -0.2) is 5.16 Å². The van der Waals surface area contributed by atoms with E-state index >= 15 is 0 Å². The fourth-order valence-corrected chi connectivity index (χ4v) is 1.17.